The van der Waals surface area contributed by atoms with Gasteiger partial charge in [-0.1, -0.05) is 267 Å². The number of pyridine rings is 10. The molecule has 10 aromatic heterocycles. The molecule has 27 aromatic rings. The molecule has 578 valence electrons. The molecule has 0 unspecified atom stereocenters. The molecule has 0 N–H and O–H groups in total. The Morgan fingerprint density at radius 3 is 0.381 bits per heavy atom. The maximum Gasteiger partial charge on any atom is 0.0965 e. The van der Waals surface area contributed by atoms with Gasteiger partial charge in [0.2, 0.25) is 0 Å². The van der Waals surface area contributed by atoms with E-state index in [-0.39, 0.29) is 0 Å². The summed E-state index contributed by atoms with van der Waals surface area (Å²) in [4.78, 5) is 51.6. The maximum atomic E-state index is 5.37. The van der Waals surface area contributed by atoms with Crippen LogP contribution in [0.2, 0.25) is 0 Å². The molecule has 0 fully saturated rings. The van der Waals surface area contributed by atoms with E-state index in [2.05, 4.69) is 315 Å². The van der Waals surface area contributed by atoms with Gasteiger partial charge in [0.05, 0.1) is 55.2 Å². The number of hydrogen-bond donors (Lipinski definition) is 0. The predicted molar refractivity (Wildman–Crippen MR) is 523 cm³/mol. The lowest BCUT2D eigenvalue weighted by Crippen LogP contribution is -1.94. The van der Waals surface area contributed by atoms with Gasteiger partial charge < -0.3 is 0 Å². The van der Waals surface area contributed by atoms with E-state index < -0.39 is 0 Å². The van der Waals surface area contributed by atoms with Crippen molar-refractivity contribution in [3.8, 4) is 89.0 Å². The molecule has 0 radical (unpaired) electrons. The van der Waals surface area contributed by atoms with Crippen LogP contribution in [0, 0.1) is 0 Å². The van der Waals surface area contributed by atoms with Crippen molar-refractivity contribution in [1.29, 1.82) is 0 Å². The van der Waals surface area contributed by atoms with Crippen LogP contribution in [0.1, 0.15) is 0 Å². The zero-order valence-electron chi connectivity index (χ0n) is 67.4. The van der Waals surface area contributed by atoms with Crippen molar-refractivity contribution in [2.24, 2.45) is 0 Å². The third-order valence-electron chi connectivity index (χ3n) is 26.4. The Bertz CT molecular complexity index is 8760. The Labute approximate surface area is 718 Å². The third-order valence-corrected chi connectivity index (χ3v) is 26.4. The maximum absolute atomic E-state index is 5.37. The third kappa shape index (κ3) is 10.5. The second-order valence-electron chi connectivity index (χ2n) is 33.2. The summed E-state index contributed by atoms with van der Waals surface area (Å²) < 4.78 is 0. The van der Waals surface area contributed by atoms with E-state index in [0.29, 0.717) is 0 Å². The normalized spacial score (nSPS) is 12.1. The summed E-state index contributed by atoms with van der Waals surface area (Å²) in [6.45, 7) is 0. The molecule has 0 saturated carbocycles. The number of fused-ring (bicyclic) bond motifs is 23. The predicted octanol–water partition coefficient (Wildman–Crippen LogP) is 29.7. The topological polar surface area (TPSA) is 129 Å². The van der Waals surface area contributed by atoms with Crippen LogP contribution in [0.25, 0.3) is 284 Å². The minimum absolute atomic E-state index is 0.848. The van der Waals surface area contributed by atoms with Crippen LogP contribution < -0.4 is 0 Å². The summed E-state index contributed by atoms with van der Waals surface area (Å²) in [5.74, 6) is 0. The molecule has 0 aliphatic rings. The van der Waals surface area contributed by atoms with Gasteiger partial charge in [0.1, 0.15) is 0 Å². The van der Waals surface area contributed by atoms with Crippen molar-refractivity contribution in [2.45, 2.75) is 0 Å². The minimum Gasteiger partial charge on any atom is -0.254 e. The Morgan fingerprint density at radius 1 is 0.111 bits per heavy atom. The van der Waals surface area contributed by atoms with E-state index in [1.54, 1.807) is 0 Å². The molecule has 27 rings (SSSR count). The van der Waals surface area contributed by atoms with Gasteiger partial charge in [-0.05, 0) is 191 Å². The highest BCUT2D eigenvalue weighted by atomic mass is 14.8. The van der Waals surface area contributed by atoms with E-state index in [4.69, 9.17) is 49.8 Å². The molecule has 10 nitrogen and oxygen atoms in total. The Balaban J connectivity index is 0.509. The van der Waals surface area contributed by atoms with E-state index in [1.165, 1.54) is 0 Å². The number of aromatic nitrogens is 10. The quantitative estimate of drug-likeness (QED) is 0.107. The van der Waals surface area contributed by atoms with Crippen molar-refractivity contribution >= 4 is 195 Å². The highest BCUT2D eigenvalue weighted by Crippen LogP contribution is 2.51. The Morgan fingerprint density at radius 2 is 0.238 bits per heavy atom. The van der Waals surface area contributed by atoms with E-state index >= 15 is 0 Å². The lowest BCUT2D eigenvalue weighted by molar-refractivity contribution is 1.37. The summed E-state index contributed by atoms with van der Waals surface area (Å²) in [5, 5.41) is 28.6. The van der Waals surface area contributed by atoms with Crippen LogP contribution in [-0.2, 0) is 0 Å². The lowest BCUT2D eigenvalue weighted by atomic mass is 9.86. The summed E-state index contributed by atoms with van der Waals surface area (Å²) >= 11 is 0. The molecule has 0 saturated heterocycles. The van der Waals surface area contributed by atoms with E-state index in [0.717, 1.165) is 284 Å². The van der Waals surface area contributed by atoms with Crippen LogP contribution in [0.5, 0.6) is 0 Å². The highest BCUT2D eigenvalue weighted by molar-refractivity contribution is 6.28. The molecule has 0 atom stereocenters. The lowest BCUT2D eigenvalue weighted by Gasteiger charge is -2.19. The molecule has 0 aliphatic carbocycles. The molecule has 10 heteroatoms. The first-order valence-electron chi connectivity index (χ1n) is 42.6. The van der Waals surface area contributed by atoms with Crippen molar-refractivity contribution in [1.82, 2.24) is 49.8 Å². The molecule has 126 heavy (non-hydrogen) atoms. The van der Waals surface area contributed by atoms with Crippen LogP contribution >= 0.6 is 0 Å². The number of benzene rings is 17. The summed E-state index contributed by atoms with van der Waals surface area (Å²) in [6.07, 6.45) is 19.9. The van der Waals surface area contributed by atoms with Crippen molar-refractivity contribution < 1.29 is 0 Å². The van der Waals surface area contributed by atoms with Crippen molar-refractivity contribution in [3.63, 3.8) is 0 Å². The molecule has 0 aliphatic heterocycles. The highest BCUT2D eigenvalue weighted by Gasteiger charge is 2.26. The molecule has 17 aromatic carbocycles. The molecule has 0 bridgehead atoms. The second-order valence-corrected chi connectivity index (χ2v) is 33.2. The smallest absolute Gasteiger partial charge is 0.0965 e. The van der Waals surface area contributed by atoms with Gasteiger partial charge in [0.25, 0.3) is 0 Å². The number of nitrogens with zero attached hydrogens (tertiary/aromatic N) is 10. The van der Waals surface area contributed by atoms with E-state index in [1.807, 2.05) is 74.1 Å². The summed E-state index contributed by atoms with van der Waals surface area (Å²) in [5.41, 5.74) is 26.2. The van der Waals surface area contributed by atoms with Gasteiger partial charge >= 0.3 is 0 Å². The number of hydrogen-bond acceptors (Lipinski definition) is 10. The molecular formula is C116H64N10. The number of rotatable bonds is 8. The van der Waals surface area contributed by atoms with Gasteiger partial charge in [0, 0.05) is 160 Å². The largest absolute Gasteiger partial charge is 0.254 e. The Kier molecular flexibility index (Phi) is 15.1. The van der Waals surface area contributed by atoms with Gasteiger partial charge in [-0.3, -0.25) is 49.8 Å². The SMILES string of the molecule is c1cnc2c(c1)ccc1cc(-c3c4ccccc4c(-c4cnc5c(ccc6cc(-c7c8ccccc8c(-c8cnc9c(ccc%10cc(-c%11c%12ccccc%12c(-c%12cnc%13c(ccc%14cc(-c%15c%16ccccc%16c(-c%16cnc%17c(ccc%18cccnc%18%17)c%16)c%16ccccc%15%16)cnc%14%13)c%12)c%12ccccc%11%12)cnc%109)c8)c8ccccc78)cnc65)c4)c4ccccc34)cnc12. The summed E-state index contributed by atoms with van der Waals surface area (Å²) in [6, 6.07) is 118. The fraction of sp³-hybridized carbons (Fsp3) is 0. The molecule has 10 heterocycles. The zero-order valence-corrected chi connectivity index (χ0v) is 67.4. The van der Waals surface area contributed by atoms with Gasteiger partial charge in [-0.2, -0.15) is 0 Å². The first kappa shape index (κ1) is 69.7. The molecular weight excluding hydrogens is 1530 g/mol. The van der Waals surface area contributed by atoms with Gasteiger partial charge in [-0.25, -0.2) is 0 Å². The van der Waals surface area contributed by atoms with Crippen LogP contribution in [0.4, 0.5) is 0 Å². The Hall–Kier alpha value is -17.1. The fourth-order valence-corrected chi connectivity index (χ4v) is 20.9. The first-order chi connectivity index (χ1) is 62.5. The van der Waals surface area contributed by atoms with Crippen LogP contribution in [-0.4, -0.2) is 49.8 Å². The summed E-state index contributed by atoms with van der Waals surface area (Å²) in [7, 11) is 0. The molecule has 0 amide bonds. The van der Waals surface area contributed by atoms with Crippen LogP contribution in [0.3, 0.4) is 0 Å². The molecule has 0 spiro atoms. The van der Waals surface area contributed by atoms with E-state index in [9.17, 15) is 0 Å². The standard InChI is InChI=1S/C116H64N10/c1-5-25-87-83(21-1)99(75-49-67-39-37-65-19-17-47-117-107(65)109(67)119-57-75)84-22-2-6-26-88(84)101(87)77-51-69-41-43-71-53-79(61-123-113(71)111(69)121-59-77)103-91-29-9-13-33-95(91)105(96-34-14-10-30-92(96)103)81-55-73-45-46-74-56-82(64-126-116(74)115(73)125-63-81)106-97-35-15-11-31-93(97)104(94-32-12-16-36-98(94)106)80-54-72-44-42-70-52-78(60-122-112(70)114(72)124-62-80)102-89-27-7-3-23-85(89)100(86-24-4-8-28-90(86)102)76-50-68-40-38-66-20-18-48-118-108(66)110(68)120-58-76/h1-64H. The van der Waals surface area contributed by atoms with Gasteiger partial charge in [-0.15, -0.1) is 0 Å². The first-order valence-corrected chi connectivity index (χ1v) is 42.6. The zero-order chi connectivity index (χ0) is 82.3. The average Bonchev–Trinajstić information content (AvgIpc) is 0.733. The minimum atomic E-state index is 0.848. The monoisotopic (exact) mass is 1600 g/mol. The fourth-order valence-electron chi connectivity index (χ4n) is 20.9. The van der Waals surface area contributed by atoms with Crippen molar-refractivity contribution in [2.75, 3.05) is 0 Å². The van der Waals surface area contributed by atoms with Crippen molar-refractivity contribution in [3.05, 3.63) is 390 Å². The van der Waals surface area contributed by atoms with Crippen LogP contribution in [0.15, 0.2) is 390 Å². The second kappa shape index (κ2) is 27.2. The van der Waals surface area contributed by atoms with Gasteiger partial charge in [0.15, 0.2) is 0 Å². The average molecular weight is 1600 g/mol.